The maximum absolute atomic E-state index is 11.7. The van der Waals surface area contributed by atoms with Gasteiger partial charge in [0.2, 0.25) is 0 Å². The Morgan fingerprint density at radius 2 is 2.00 bits per heavy atom. The van der Waals surface area contributed by atoms with E-state index in [1.54, 1.807) is 31.2 Å². The van der Waals surface area contributed by atoms with E-state index in [0.29, 0.717) is 17.6 Å². The maximum atomic E-state index is 11.7. The van der Waals surface area contributed by atoms with Crippen LogP contribution in [0, 0.1) is 0 Å². The number of esters is 1. The van der Waals surface area contributed by atoms with E-state index in [1.807, 2.05) is 5.32 Å². The topological polar surface area (TPSA) is 120 Å². The molecule has 3 amide bonds. The van der Waals surface area contributed by atoms with Crippen LogP contribution in [0.1, 0.15) is 13.3 Å². The van der Waals surface area contributed by atoms with Crippen molar-refractivity contribution < 1.29 is 23.5 Å². The van der Waals surface area contributed by atoms with Crippen molar-refractivity contribution in [2.45, 2.75) is 19.9 Å². The Balaban J connectivity index is 1.83. The van der Waals surface area contributed by atoms with E-state index in [2.05, 4.69) is 5.32 Å². The molecule has 0 spiro atoms. The fourth-order valence-corrected chi connectivity index (χ4v) is 2.01. The highest BCUT2D eigenvalue weighted by Gasteiger charge is 2.13. The number of amides is 3. The van der Waals surface area contributed by atoms with Crippen LogP contribution in [0.3, 0.4) is 0 Å². The van der Waals surface area contributed by atoms with Crippen LogP contribution in [0.25, 0.3) is 11.1 Å². The number of hydrogen-bond acceptors (Lipinski definition) is 6. The molecule has 0 bridgehead atoms. The minimum atomic E-state index is -0.736. The summed E-state index contributed by atoms with van der Waals surface area (Å²) in [5.41, 5.74) is 1.00. The van der Waals surface area contributed by atoms with Gasteiger partial charge in [-0.25, -0.2) is 9.59 Å². The first kappa shape index (κ1) is 17.3. The number of para-hydroxylation sites is 2. The lowest BCUT2D eigenvalue weighted by Gasteiger charge is -2.06. The number of oxazole rings is 1. The van der Waals surface area contributed by atoms with Crippen molar-refractivity contribution in [3.63, 3.8) is 0 Å². The number of carbonyl (C=O) groups excluding carboxylic acids is 3. The van der Waals surface area contributed by atoms with Gasteiger partial charge in [-0.1, -0.05) is 12.1 Å². The number of rotatable bonds is 6. The number of carbonyl (C=O) groups is 3. The Kier molecular flexibility index (Phi) is 5.72. The summed E-state index contributed by atoms with van der Waals surface area (Å²) in [4.78, 5) is 45.9. The van der Waals surface area contributed by atoms with Crippen LogP contribution in [0.5, 0.6) is 0 Å². The first-order valence-electron chi connectivity index (χ1n) is 7.33. The third-order valence-corrected chi connectivity index (χ3v) is 3.07. The minimum Gasteiger partial charge on any atom is -0.456 e. The predicted molar refractivity (Wildman–Crippen MR) is 83.3 cm³/mol. The number of nitrogens with one attached hydrogen (secondary N) is 2. The molecule has 0 saturated carbocycles. The van der Waals surface area contributed by atoms with Crippen molar-refractivity contribution in [3.05, 3.63) is 34.8 Å². The molecule has 2 aromatic rings. The summed E-state index contributed by atoms with van der Waals surface area (Å²) in [6.45, 7) is 1.56. The van der Waals surface area contributed by atoms with Crippen LogP contribution in [-0.2, 0) is 20.9 Å². The molecule has 0 aliphatic heterocycles. The predicted octanol–water partition coefficient (Wildman–Crippen LogP) is 0.374. The summed E-state index contributed by atoms with van der Waals surface area (Å²) in [6, 6.07) is 6.17. The average molecular weight is 335 g/mol. The summed E-state index contributed by atoms with van der Waals surface area (Å²) in [5, 5.41) is 4.37. The van der Waals surface area contributed by atoms with E-state index in [4.69, 9.17) is 9.15 Å². The third-order valence-electron chi connectivity index (χ3n) is 3.07. The van der Waals surface area contributed by atoms with Gasteiger partial charge in [-0.2, -0.15) is 0 Å². The smallest absolute Gasteiger partial charge is 0.419 e. The summed E-state index contributed by atoms with van der Waals surface area (Å²) >= 11 is 0. The molecule has 0 radical (unpaired) electrons. The van der Waals surface area contributed by atoms with Gasteiger partial charge in [0.05, 0.1) is 11.9 Å². The molecule has 24 heavy (non-hydrogen) atoms. The van der Waals surface area contributed by atoms with Gasteiger partial charge in [-0.3, -0.25) is 19.5 Å². The highest BCUT2D eigenvalue weighted by Crippen LogP contribution is 2.12. The van der Waals surface area contributed by atoms with Gasteiger partial charge in [0, 0.05) is 13.1 Å². The Bertz CT molecular complexity index is 807. The second-order valence-electron chi connectivity index (χ2n) is 4.81. The Morgan fingerprint density at radius 3 is 2.75 bits per heavy atom. The van der Waals surface area contributed by atoms with Crippen LogP contribution in [-0.4, -0.2) is 35.6 Å². The molecule has 0 fully saturated rings. The molecular formula is C15H17N3O6. The maximum Gasteiger partial charge on any atom is 0.419 e. The zero-order chi connectivity index (χ0) is 17.5. The molecule has 1 aromatic carbocycles. The number of benzene rings is 1. The first-order valence-corrected chi connectivity index (χ1v) is 7.33. The normalized spacial score (nSPS) is 10.4. The van der Waals surface area contributed by atoms with Crippen molar-refractivity contribution in [2.75, 3.05) is 13.2 Å². The molecule has 0 aliphatic carbocycles. The van der Waals surface area contributed by atoms with Crippen LogP contribution in [0.15, 0.2) is 33.5 Å². The Hall–Kier alpha value is -3.10. The highest BCUT2D eigenvalue weighted by atomic mass is 16.5. The molecule has 0 saturated heterocycles. The number of fused-ring (bicyclic) bond motifs is 1. The molecule has 9 nitrogen and oxygen atoms in total. The Morgan fingerprint density at radius 1 is 1.25 bits per heavy atom. The van der Waals surface area contributed by atoms with Gasteiger partial charge in [0.15, 0.2) is 12.2 Å². The van der Waals surface area contributed by atoms with Crippen LogP contribution < -0.4 is 16.4 Å². The van der Waals surface area contributed by atoms with Crippen molar-refractivity contribution >= 4 is 29.0 Å². The van der Waals surface area contributed by atoms with Gasteiger partial charge < -0.3 is 14.5 Å². The molecule has 0 aliphatic rings. The molecule has 0 atom stereocenters. The largest absolute Gasteiger partial charge is 0.456 e. The molecule has 1 heterocycles. The van der Waals surface area contributed by atoms with E-state index in [0.717, 1.165) is 0 Å². The lowest BCUT2D eigenvalue weighted by atomic mass is 10.3. The van der Waals surface area contributed by atoms with Gasteiger partial charge in [-0.15, -0.1) is 0 Å². The minimum absolute atomic E-state index is 0.0621. The first-order chi connectivity index (χ1) is 11.5. The van der Waals surface area contributed by atoms with Crippen molar-refractivity contribution in [1.82, 2.24) is 15.2 Å². The van der Waals surface area contributed by atoms with Crippen molar-refractivity contribution in [2.24, 2.45) is 0 Å². The number of aryl methyl sites for hydroxylation is 1. The number of urea groups is 1. The van der Waals surface area contributed by atoms with E-state index < -0.39 is 30.3 Å². The van der Waals surface area contributed by atoms with E-state index in [-0.39, 0.29) is 13.0 Å². The standard InChI is InChI=1S/C15H17N3O6/c1-2-16-14(21)17-12(19)9-23-13(20)7-8-18-10-5-3-4-6-11(10)24-15(18)22/h3-6H,2,7-9H2,1H3,(H2,16,17,19,21). The SMILES string of the molecule is CCNC(=O)NC(=O)COC(=O)CCn1c(=O)oc2ccccc21. The van der Waals surface area contributed by atoms with Crippen LogP contribution in [0.4, 0.5) is 4.79 Å². The molecule has 0 unspecified atom stereocenters. The lowest BCUT2D eigenvalue weighted by Crippen LogP contribution is -2.41. The fourth-order valence-electron chi connectivity index (χ4n) is 2.01. The number of imide groups is 1. The average Bonchev–Trinajstić information content (AvgIpc) is 2.86. The third kappa shape index (κ3) is 4.45. The molecule has 1 aromatic heterocycles. The molecular weight excluding hydrogens is 318 g/mol. The molecule has 2 rings (SSSR count). The summed E-state index contributed by atoms with van der Waals surface area (Å²) < 4.78 is 11.1. The van der Waals surface area contributed by atoms with Crippen LogP contribution in [0.2, 0.25) is 0 Å². The molecule has 2 N–H and O–H groups in total. The summed E-state index contributed by atoms with van der Waals surface area (Å²) in [5.74, 6) is -1.98. The number of nitrogens with zero attached hydrogens (tertiary/aromatic N) is 1. The van der Waals surface area contributed by atoms with Crippen molar-refractivity contribution in [1.29, 1.82) is 0 Å². The zero-order valence-electron chi connectivity index (χ0n) is 13.0. The lowest BCUT2D eigenvalue weighted by molar-refractivity contribution is -0.148. The van der Waals surface area contributed by atoms with Gasteiger partial charge >= 0.3 is 17.8 Å². The van der Waals surface area contributed by atoms with Crippen molar-refractivity contribution in [3.8, 4) is 0 Å². The quantitative estimate of drug-likeness (QED) is 0.736. The monoisotopic (exact) mass is 335 g/mol. The van der Waals surface area contributed by atoms with Gasteiger partial charge in [0.25, 0.3) is 5.91 Å². The molecule has 9 heteroatoms. The van der Waals surface area contributed by atoms with E-state index in [1.165, 1.54) is 4.57 Å². The fraction of sp³-hybridized carbons (Fsp3) is 0.333. The van der Waals surface area contributed by atoms with Crippen LogP contribution >= 0.6 is 0 Å². The Labute approximate surface area is 136 Å². The zero-order valence-corrected chi connectivity index (χ0v) is 13.0. The van der Waals surface area contributed by atoms with E-state index >= 15 is 0 Å². The summed E-state index contributed by atoms with van der Waals surface area (Å²) in [7, 11) is 0. The van der Waals surface area contributed by atoms with E-state index in [9.17, 15) is 19.2 Å². The molecule has 128 valence electrons. The highest BCUT2D eigenvalue weighted by molar-refractivity contribution is 5.95. The number of ether oxygens (including phenoxy) is 1. The van der Waals surface area contributed by atoms with Gasteiger partial charge in [-0.05, 0) is 19.1 Å². The second-order valence-corrected chi connectivity index (χ2v) is 4.81. The number of aromatic nitrogens is 1. The number of hydrogen-bond donors (Lipinski definition) is 2. The second kappa shape index (κ2) is 7.95. The summed E-state index contributed by atoms with van der Waals surface area (Å²) in [6.07, 6.45) is -0.113. The van der Waals surface area contributed by atoms with Gasteiger partial charge in [0.1, 0.15) is 0 Å².